The zero-order valence-corrected chi connectivity index (χ0v) is 11.0. The maximum atomic E-state index is 6.13. The van der Waals surface area contributed by atoms with Crippen molar-refractivity contribution in [2.24, 2.45) is 0 Å². The van der Waals surface area contributed by atoms with Crippen LogP contribution in [0.15, 0.2) is 24.5 Å². The molecule has 0 saturated heterocycles. The van der Waals surface area contributed by atoms with E-state index in [2.05, 4.69) is 29.0 Å². The molecule has 0 bridgehead atoms. The molecule has 2 N–H and O–H groups in total. The van der Waals surface area contributed by atoms with Gasteiger partial charge < -0.3 is 5.73 Å². The van der Waals surface area contributed by atoms with Crippen molar-refractivity contribution >= 4 is 11.3 Å². The van der Waals surface area contributed by atoms with Crippen LogP contribution in [0.2, 0.25) is 0 Å². The van der Waals surface area contributed by atoms with Gasteiger partial charge in [-0.25, -0.2) is 14.2 Å². The van der Waals surface area contributed by atoms with Gasteiger partial charge in [-0.3, -0.25) is 0 Å². The number of hydrogen-bond acceptors (Lipinski definition) is 4. The molecule has 6 heteroatoms. The fraction of sp³-hybridized carbons (Fsp3) is 0.308. The molecule has 0 aromatic carbocycles. The standard InChI is InChI=1S/C13H16N6/c1-3-9-13(14)10(4-2)19(17-9)12-6-8-18-11(16-12)5-7-15-18/h5-8H,3-4,14H2,1-2H3. The maximum Gasteiger partial charge on any atom is 0.157 e. The van der Waals surface area contributed by atoms with E-state index >= 15 is 0 Å². The Labute approximate surface area is 110 Å². The second kappa shape index (κ2) is 4.38. The van der Waals surface area contributed by atoms with E-state index in [4.69, 9.17) is 5.73 Å². The normalized spacial score (nSPS) is 11.3. The molecule has 0 amide bonds. The van der Waals surface area contributed by atoms with Gasteiger partial charge in [0.1, 0.15) is 0 Å². The molecule has 0 unspecified atom stereocenters. The molecule has 0 aliphatic carbocycles. The zero-order valence-electron chi connectivity index (χ0n) is 11.0. The minimum absolute atomic E-state index is 0.774. The lowest BCUT2D eigenvalue weighted by atomic mass is 10.2. The van der Waals surface area contributed by atoms with E-state index in [-0.39, 0.29) is 0 Å². The Morgan fingerprint density at radius 1 is 1.21 bits per heavy atom. The first-order valence-corrected chi connectivity index (χ1v) is 6.41. The summed E-state index contributed by atoms with van der Waals surface area (Å²) in [6.45, 7) is 4.12. The van der Waals surface area contributed by atoms with E-state index in [1.165, 1.54) is 0 Å². The van der Waals surface area contributed by atoms with Crippen LogP contribution in [0.25, 0.3) is 11.5 Å². The second-order valence-corrected chi connectivity index (χ2v) is 4.35. The van der Waals surface area contributed by atoms with E-state index in [1.54, 1.807) is 10.7 Å². The topological polar surface area (TPSA) is 74.0 Å². The van der Waals surface area contributed by atoms with Crippen LogP contribution < -0.4 is 5.73 Å². The summed E-state index contributed by atoms with van der Waals surface area (Å²) in [7, 11) is 0. The van der Waals surface area contributed by atoms with Crippen molar-refractivity contribution in [1.29, 1.82) is 0 Å². The molecule has 0 aliphatic rings. The van der Waals surface area contributed by atoms with Gasteiger partial charge in [-0.2, -0.15) is 10.2 Å². The number of nitrogen functional groups attached to an aromatic ring is 1. The third-order valence-corrected chi connectivity index (χ3v) is 3.23. The predicted molar refractivity (Wildman–Crippen MR) is 73.3 cm³/mol. The Morgan fingerprint density at radius 2 is 2.05 bits per heavy atom. The molecule has 98 valence electrons. The van der Waals surface area contributed by atoms with Crippen molar-refractivity contribution in [3.8, 4) is 5.82 Å². The van der Waals surface area contributed by atoms with Crippen molar-refractivity contribution < 1.29 is 0 Å². The van der Waals surface area contributed by atoms with E-state index in [9.17, 15) is 0 Å². The Hall–Kier alpha value is -2.37. The van der Waals surface area contributed by atoms with Crippen LogP contribution >= 0.6 is 0 Å². The molecule has 0 spiro atoms. The van der Waals surface area contributed by atoms with Crippen molar-refractivity contribution in [2.75, 3.05) is 5.73 Å². The van der Waals surface area contributed by atoms with Crippen LogP contribution in [0, 0.1) is 0 Å². The highest BCUT2D eigenvalue weighted by Crippen LogP contribution is 2.21. The molecular weight excluding hydrogens is 240 g/mol. The fourth-order valence-electron chi connectivity index (χ4n) is 2.23. The van der Waals surface area contributed by atoms with Gasteiger partial charge in [0.15, 0.2) is 11.5 Å². The first-order valence-electron chi connectivity index (χ1n) is 6.41. The highest BCUT2D eigenvalue weighted by molar-refractivity contribution is 5.51. The average molecular weight is 256 g/mol. The minimum Gasteiger partial charge on any atom is -0.396 e. The van der Waals surface area contributed by atoms with Crippen molar-refractivity contribution in [3.05, 3.63) is 35.9 Å². The molecule has 3 aromatic rings. The molecule has 3 aromatic heterocycles. The molecule has 3 rings (SSSR count). The van der Waals surface area contributed by atoms with E-state index in [0.717, 1.165) is 41.4 Å². The molecule has 0 atom stereocenters. The molecule has 0 aliphatic heterocycles. The van der Waals surface area contributed by atoms with Gasteiger partial charge in [0.25, 0.3) is 0 Å². The predicted octanol–water partition coefficient (Wildman–Crippen LogP) is 1.62. The van der Waals surface area contributed by atoms with Crippen LogP contribution in [0.5, 0.6) is 0 Å². The maximum absolute atomic E-state index is 6.13. The van der Waals surface area contributed by atoms with Gasteiger partial charge in [-0.05, 0) is 12.8 Å². The first-order chi connectivity index (χ1) is 9.24. The summed E-state index contributed by atoms with van der Waals surface area (Å²) in [5.74, 6) is 0.774. The molecular formula is C13H16N6. The molecule has 0 fully saturated rings. The number of aromatic nitrogens is 5. The molecule has 19 heavy (non-hydrogen) atoms. The SMILES string of the molecule is CCc1nn(-c2ccn3nccc3n2)c(CC)c1N. The quantitative estimate of drug-likeness (QED) is 0.772. The van der Waals surface area contributed by atoms with E-state index in [0.29, 0.717) is 0 Å². The summed E-state index contributed by atoms with van der Waals surface area (Å²) < 4.78 is 3.56. The van der Waals surface area contributed by atoms with Crippen LogP contribution in [0.4, 0.5) is 5.69 Å². The molecule has 0 saturated carbocycles. The second-order valence-electron chi connectivity index (χ2n) is 4.35. The van der Waals surface area contributed by atoms with Gasteiger partial charge in [0, 0.05) is 18.3 Å². The van der Waals surface area contributed by atoms with Gasteiger partial charge in [0.05, 0.1) is 23.3 Å². The lowest BCUT2D eigenvalue weighted by molar-refractivity contribution is 0.767. The fourth-order valence-corrected chi connectivity index (χ4v) is 2.23. The van der Waals surface area contributed by atoms with Crippen LogP contribution in [-0.2, 0) is 12.8 Å². The van der Waals surface area contributed by atoms with Gasteiger partial charge in [-0.1, -0.05) is 13.8 Å². The number of nitrogens with zero attached hydrogens (tertiary/aromatic N) is 5. The van der Waals surface area contributed by atoms with Crippen molar-refractivity contribution in [3.63, 3.8) is 0 Å². The summed E-state index contributed by atoms with van der Waals surface area (Å²) >= 11 is 0. The molecule has 6 nitrogen and oxygen atoms in total. The lowest BCUT2D eigenvalue weighted by Crippen LogP contribution is -2.06. The third kappa shape index (κ3) is 1.76. The highest BCUT2D eigenvalue weighted by Gasteiger charge is 2.14. The lowest BCUT2D eigenvalue weighted by Gasteiger charge is -2.05. The smallest absolute Gasteiger partial charge is 0.157 e. The van der Waals surface area contributed by atoms with Gasteiger partial charge in [-0.15, -0.1) is 0 Å². The number of anilines is 1. The van der Waals surface area contributed by atoms with E-state index < -0.39 is 0 Å². The zero-order chi connectivity index (χ0) is 13.4. The number of hydrogen-bond donors (Lipinski definition) is 1. The van der Waals surface area contributed by atoms with Crippen LogP contribution in [0.1, 0.15) is 25.2 Å². The Bertz CT molecular complexity index is 724. The van der Waals surface area contributed by atoms with Crippen molar-refractivity contribution in [1.82, 2.24) is 24.4 Å². The number of rotatable bonds is 3. The molecule has 0 radical (unpaired) electrons. The summed E-state index contributed by atoms with van der Waals surface area (Å²) in [6.07, 6.45) is 5.24. The highest BCUT2D eigenvalue weighted by atomic mass is 15.3. The Morgan fingerprint density at radius 3 is 2.79 bits per heavy atom. The van der Waals surface area contributed by atoms with Crippen molar-refractivity contribution in [2.45, 2.75) is 26.7 Å². The Kier molecular flexibility index (Phi) is 2.70. The first kappa shape index (κ1) is 11.7. The summed E-state index contributed by atoms with van der Waals surface area (Å²) in [5.41, 5.74) is 9.63. The summed E-state index contributed by atoms with van der Waals surface area (Å²) in [4.78, 5) is 4.55. The average Bonchev–Trinajstić information content (AvgIpc) is 3.01. The van der Waals surface area contributed by atoms with Crippen LogP contribution in [-0.4, -0.2) is 24.4 Å². The Balaban J connectivity index is 2.19. The number of fused-ring (bicyclic) bond motifs is 1. The summed E-state index contributed by atoms with van der Waals surface area (Å²) in [6, 6.07) is 3.76. The monoisotopic (exact) mass is 256 g/mol. The largest absolute Gasteiger partial charge is 0.396 e. The summed E-state index contributed by atoms with van der Waals surface area (Å²) in [5, 5.41) is 8.69. The number of aryl methyl sites for hydroxylation is 1. The van der Waals surface area contributed by atoms with Gasteiger partial charge in [0.2, 0.25) is 0 Å². The molecule has 3 heterocycles. The number of nitrogens with two attached hydrogens (primary N) is 1. The van der Waals surface area contributed by atoms with Gasteiger partial charge >= 0.3 is 0 Å². The van der Waals surface area contributed by atoms with Crippen LogP contribution in [0.3, 0.4) is 0 Å². The third-order valence-electron chi connectivity index (χ3n) is 3.23. The minimum atomic E-state index is 0.774. The van der Waals surface area contributed by atoms with E-state index in [1.807, 2.05) is 23.0 Å².